The minimum absolute atomic E-state index is 0.0157. The van der Waals surface area contributed by atoms with Crippen molar-refractivity contribution in [2.45, 2.75) is 13.0 Å². The zero-order chi connectivity index (χ0) is 14.4. The summed E-state index contributed by atoms with van der Waals surface area (Å²) in [4.78, 5) is 11.7. The van der Waals surface area contributed by atoms with Gasteiger partial charge in [-0.25, -0.2) is 4.39 Å². The number of nitriles is 1. The summed E-state index contributed by atoms with van der Waals surface area (Å²) in [6, 6.07) is 15.1. The molecule has 20 heavy (non-hydrogen) atoms. The fourth-order valence-electron chi connectivity index (χ4n) is 1.72. The summed E-state index contributed by atoms with van der Waals surface area (Å²) >= 11 is 0. The summed E-state index contributed by atoms with van der Waals surface area (Å²) in [5, 5.41) is 8.72. The van der Waals surface area contributed by atoms with Crippen molar-refractivity contribution >= 4 is 5.97 Å². The van der Waals surface area contributed by atoms with Crippen LogP contribution in [-0.4, -0.2) is 5.97 Å². The molecule has 0 N–H and O–H groups in total. The van der Waals surface area contributed by atoms with Gasteiger partial charge in [-0.1, -0.05) is 36.4 Å². The van der Waals surface area contributed by atoms with E-state index in [1.165, 1.54) is 18.2 Å². The first-order valence-electron chi connectivity index (χ1n) is 6.07. The normalized spacial score (nSPS) is 9.80. The summed E-state index contributed by atoms with van der Waals surface area (Å²) in [6.45, 7) is 0.200. The van der Waals surface area contributed by atoms with Crippen molar-refractivity contribution in [3.63, 3.8) is 0 Å². The average Bonchev–Trinajstić information content (AvgIpc) is 2.48. The van der Waals surface area contributed by atoms with Gasteiger partial charge in [-0.2, -0.15) is 5.26 Å². The Hall–Kier alpha value is -2.67. The Morgan fingerprint density at radius 1 is 1.15 bits per heavy atom. The fraction of sp³-hybridized carbons (Fsp3) is 0.125. The van der Waals surface area contributed by atoms with E-state index in [1.54, 1.807) is 6.07 Å². The molecule has 0 heterocycles. The Morgan fingerprint density at radius 2 is 1.90 bits per heavy atom. The molecule has 0 fully saturated rings. The number of nitrogens with zero attached hydrogens (tertiary/aromatic N) is 1. The fourth-order valence-corrected chi connectivity index (χ4v) is 1.72. The third-order valence-corrected chi connectivity index (χ3v) is 2.74. The van der Waals surface area contributed by atoms with Crippen molar-refractivity contribution in [3.05, 3.63) is 71.0 Å². The van der Waals surface area contributed by atoms with E-state index in [-0.39, 0.29) is 18.6 Å². The van der Waals surface area contributed by atoms with Gasteiger partial charge in [0.05, 0.1) is 12.0 Å². The van der Waals surface area contributed by atoms with E-state index >= 15 is 0 Å². The summed E-state index contributed by atoms with van der Waals surface area (Å²) in [5.74, 6) is -1.00. The molecule has 0 amide bonds. The maximum atomic E-state index is 13.1. The Labute approximate surface area is 116 Å². The molecule has 0 aliphatic rings. The highest BCUT2D eigenvalue weighted by atomic mass is 19.1. The first-order chi connectivity index (χ1) is 9.69. The largest absolute Gasteiger partial charge is 0.461 e. The number of benzene rings is 2. The Bertz CT molecular complexity index is 647. The van der Waals surface area contributed by atoms with Crippen LogP contribution >= 0.6 is 0 Å². The molecule has 0 aliphatic heterocycles. The molecule has 4 heteroatoms. The predicted octanol–water partition coefficient (Wildman–Crippen LogP) is 2.98. The topological polar surface area (TPSA) is 50.1 Å². The zero-order valence-corrected chi connectivity index (χ0v) is 10.7. The van der Waals surface area contributed by atoms with E-state index < -0.39 is 11.8 Å². The molecule has 0 atom stereocenters. The first-order valence-corrected chi connectivity index (χ1v) is 6.07. The van der Waals surface area contributed by atoms with E-state index in [2.05, 4.69) is 0 Å². The molecule has 3 nitrogen and oxygen atoms in total. The van der Waals surface area contributed by atoms with Crippen LogP contribution in [0.25, 0.3) is 0 Å². The van der Waals surface area contributed by atoms with Gasteiger partial charge in [0.15, 0.2) is 0 Å². The summed E-state index contributed by atoms with van der Waals surface area (Å²) in [6.07, 6.45) is 0.0157. The van der Waals surface area contributed by atoms with Gasteiger partial charge in [0.2, 0.25) is 0 Å². The van der Waals surface area contributed by atoms with Crippen LogP contribution in [0.1, 0.15) is 16.7 Å². The van der Waals surface area contributed by atoms with Gasteiger partial charge in [0.1, 0.15) is 18.5 Å². The van der Waals surface area contributed by atoms with E-state index in [0.717, 1.165) is 5.56 Å². The van der Waals surface area contributed by atoms with Gasteiger partial charge in [-0.15, -0.1) is 0 Å². The number of esters is 1. The highest BCUT2D eigenvalue weighted by Gasteiger charge is 2.08. The van der Waals surface area contributed by atoms with Crippen LogP contribution in [0, 0.1) is 17.1 Å². The lowest BCUT2D eigenvalue weighted by Crippen LogP contribution is -2.08. The maximum Gasteiger partial charge on any atom is 0.310 e. The van der Waals surface area contributed by atoms with Crippen LogP contribution in [-0.2, 0) is 22.6 Å². The number of rotatable bonds is 4. The third kappa shape index (κ3) is 3.66. The molecule has 0 saturated carbocycles. The quantitative estimate of drug-likeness (QED) is 0.802. The smallest absolute Gasteiger partial charge is 0.310 e. The van der Waals surface area contributed by atoms with Crippen molar-refractivity contribution in [1.29, 1.82) is 5.26 Å². The van der Waals surface area contributed by atoms with Crippen LogP contribution < -0.4 is 0 Å². The van der Waals surface area contributed by atoms with Crippen molar-refractivity contribution in [2.24, 2.45) is 0 Å². The van der Waals surface area contributed by atoms with Crippen molar-refractivity contribution < 1.29 is 13.9 Å². The van der Waals surface area contributed by atoms with Gasteiger partial charge in [-0.3, -0.25) is 4.79 Å². The molecule has 100 valence electrons. The lowest BCUT2D eigenvalue weighted by molar-refractivity contribution is -0.144. The minimum Gasteiger partial charge on any atom is -0.461 e. The standard InChI is InChI=1S/C16H12FNO2/c17-15-7-6-13(8-14(15)10-18)9-16(19)20-11-12-4-2-1-3-5-12/h1-8H,9,11H2. The molecular formula is C16H12FNO2. The van der Waals surface area contributed by atoms with Gasteiger partial charge in [0.25, 0.3) is 0 Å². The second-order valence-electron chi connectivity index (χ2n) is 4.25. The van der Waals surface area contributed by atoms with Crippen molar-refractivity contribution in [3.8, 4) is 6.07 Å². The van der Waals surface area contributed by atoms with Gasteiger partial charge >= 0.3 is 5.97 Å². The molecule has 2 aromatic carbocycles. The minimum atomic E-state index is -0.589. The lowest BCUT2D eigenvalue weighted by Gasteiger charge is -2.05. The van der Waals surface area contributed by atoms with E-state index in [0.29, 0.717) is 5.56 Å². The molecule has 0 aliphatic carbocycles. The molecule has 0 aromatic heterocycles. The van der Waals surface area contributed by atoms with Crippen LogP contribution in [0.3, 0.4) is 0 Å². The van der Waals surface area contributed by atoms with Crippen molar-refractivity contribution in [1.82, 2.24) is 0 Å². The highest BCUT2D eigenvalue weighted by Crippen LogP contribution is 2.11. The molecule has 0 radical (unpaired) electrons. The number of ether oxygens (including phenoxy) is 1. The number of hydrogen-bond acceptors (Lipinski definition) is 3. The molecular weight excluding hydrogens is 257 g/mol. The number of carbonyl (C=O) groups excluding carboxylic acids is 1. The highest BCUT2D eigenvalue weighted by molar-refractivity contribution is 5.72. The summed E-state index contributed by atoms with van der Waals surface area (Å²) < 4.78 is 18.3. The SMILES string of the molecule is N#Cc1cc(CC(=O)OCc2ccccc2)ccc1F. The number of carbonyl (C=O) groups is 1. The second-order valence-corrected chi connectivity index (χ2v) is 4.25. The maximum absolute atomic E-state index is 13.1. The van der Waals surface area contributed by atoms with E-state index in [4.69, 9.17) is 10.00 Å². The zero-order valence-electron chi connectivity index (χ0n) is 10.7. The molecule has 0 saturated heterocycles. The van der Waals surface area contributed by atoms with Crippen LogP contribution in [0.2, 0.25) is 0 Å². The Balaban J connectivity index is 1.93. The average molecular weight is 269 g/mol. The number of halogens is 1. The first kappa shape index (κ1) is 13.8. The van der Waals surface area contributed by atoms with Gasteiger partial charge in [-0.05, 0) is 23.3 Å². The van der Waals surface area contributed by atoms with E-state index in [1.807, 2.05) is 30.3 Å². The second kappa shape index (κ2) is 6.48. The van der Waals surface area contributed by atoms with Crippen LogP contribution in [0.4, 0.5) is 4.39 Å². The van der Waals surface area contributed by atoms with Crippen LogP contribution in [0.15, 0.2) is 48.5 Å². The van der Waals surface area contributed by atoms with Gasteiger partial charge < -0.3 is 4.74 Å². The summed E-state index contributed by atoms with van der Waals surface area (Å²) in [5.41, 5.74) is 1.39. The molecule has 2 aromatic rings. The van der Waals surface area contributed by atoms with Gasteiger partial charge in [0, 0.05) is 0 Å². The third-order valence-electron chi connectivity index (χ3n) is 2.74. The van der Waals surface area contributed by atoms with Crippen molar-refractivity contribution in [2.75, 3.05) is 0 Å². The molecule has 0 spiro atoms. The van der Waals surface area contributed by atoms with Crippen LogP contribution in [0.5, 0.6) is 0 Å². The molecule has 2 rings (SSSR count). The summed E-state index contributed by atoms with van der Waals surface area (Å²) in [7, 11) is 0. The monoisotopic (exact) mass is 269 g/mol. The number of hydrogen-bond donors (Lipinski definition) is 0. The Kier molecular flexibility index (Phi) is 4.46. The van der Waals surface area contributed by atoms with E-state index in [9.17, 15) is 9.18 Å². The molecule has 0 bridgehead atoms. The predicted molar refractivity (Wildman–Crippen MR) is 71.1 cm³/mol. The molecule has 0 unspecified atom stereocenters. The lowest BCUT2D eigenvalue weighted by atomic mass is 10.1. The Morgan fingerprint density at radius 3 is 2.60 bits per heavy atom.